The summed E-state index contributed by atoms with van der Waals surface area (Å²) in [6.45, 7) is 1.90. The summed E-state index contributed by atoms with van der Waals surface area (Å²) in [6, 6.07) is 18.9. The lowest BCUT2D eigenvalue weighted by molar-refractivity contribution is 0.102. The lowest BCUT2D eigenvalue weighted by Crippen LogP contribution is -2.31. The number of nitrogens with zero attached hydrogens (tertiary/aromatic N) is 3. The number of amides is 1. The normalized spacial score (nSPS) is 10.7. The van der Waals surface area contributed by atoms with Crippen molar-refractivity contribution in [3.8, 4) is 22.4 Å². The Hall–Kier alpha value is -3.58. The fraction of sp³-hybridized carbons (Fsp3) is 0.0909. The van der Waals surface area contributed by atoms with Gasteiger partial charge in [0.05, 0.1) is 5.69 Å². The van der Waals surface area contributed by atoms with E-state index in [-0.39, 0.29) is 5.56 Å². The molecule has 144 valence electrons. The van der Waals surface area contributed by atoms with Crippen molar-refractivity contribution < 1.29 is 4.79 Å². The van der Waals surface area contributed by atoms with Gasteiger partial charge in [-0.25, -0.2) is 9.67 Å². The Kier molecular flexibility index (Phi) is 5.05. The Bertz CT molecular complexity index is 1230. The van der Waals surface area contributed by atoms with Gasteiger partial charge in [0.25, 0.3) is 11.5 Å². The minimum atomic E-state index is -0.501. The van der Waals surface area contributed by atoms with Gasteiger partial charge in [0.1, 0.15) is 5.56 Å². The van der Waals surface area contributed by atoms with Gasteiger partial charge in [0.2, 0.25) is 0 Å². The van der Waals surface area contributed by atoms with E-state index in [9.17, 15) is 9.59 Å². The number of hydrogen-bond donors (Lipinski definition) is 1. The third-order valence-corrected chi connectivity index (χ3v) is 5.25. The number of rotatable bonds is 4. The molecule has 4 aromatic rings. The maximum absolute atomic E-state index is 13.2. The molecule has 6 nitrogen and oxygen atoms in total. The molecule has 0 saturated heterocycles. The van der Waals surface area contributed by atoms with Crippen molar-refractivity contribution in [3.63, 3.8) is 0 Å². The molecule has 0 aliphatic carbocycles. The molecule has 2 aromatic carbocycles. The van der Waals surface area contributed by atoms with Gasteiger partial charge in [-0.05, 0) is 12.5 Å². The topological polar surface area (TPSA) is 76.9 Å². The number of benzene rings is 2. The first-order chi connectivity index (χ1) is 14.0. The summed E-state index contributed by atoms with van der Waals surface area (Å²) >= 11 is 1.36. The van der Waals surface area contributed by atoms with E-state index >= 15 is 0 Å². The second-order valence-electron chi connectivity index (χ2n) is 6.49. The number of aryl methyl sites for hydroxylation is 2. The zero-order valence-electron chi connectivity index (χ0n) is 15.9. The summed E-state index contributed by atoms with van der Waals surface area (Å²) in [5, 5.41) is 7.70. The van der Waals surface area contributed by atoms with E-state index in [4.69, 9.17) is 0 Å². The maximum atomic E-state index is 13.2. The van der Waals surface area contributed by atoms with Crippen LogP contribution in [0.25, 0.3) is 22.4 Å². The van der Waals surface area contributed by atoms with Crippen LogP contribution >= 0.6 is 11.3 Å². The van der Waals surface area contributed by atoms with Gasteiger partial charge >= 0.3 is 0 Å². The summed E-state index contributed by atoms with van der Waals surface area (Å²) in [4.78, 5) is 31.3. The molecular weight excluding hydrogens is 384 g/mol. The number of hydrogen-bond acceptors (Lipinski definition) is 5. The van der Waals surface area contributed by atoms with Gasteiger partial charge in [0, 0.05) is 29.2 Å². The first kappa shape index (κ1) is 18.8. The van der Waals surface area contributed by atoms with Gasteiger partial charge in [-0.1, -0.05) is 60.7 Å². The summed E-state index contributed by atoms with van der Waals surface area (Å²) in [6.07, 6.45) is 1.68. The quantitative estimate of drug-likeness (QED) is 0.557. The summed E-state index contributed by atoms with van der Waals surface area (Å²) < 4.78 is 1.21. The third-order valence-electron chi connectivity index (χ3n) is 4.42. The fourth-order valence-electron chi connectivity index (χ4n) is 3.10. The van der Waals surface area contributed by atoms with Crippen LogP contribution in [-0.4, -0.2) is 20.7 Å². The molecule has 0 spiro atoms. The van der Waals surface area contributed by atoms with Gasteiger partial charge in [0.15, 0.2) is 5.13 Å². The van der Waals surface area contributed by atoms with Crippen LogP contribution < -0.4 is 10.9 Å². The monoisotopic (exact) mass is 402 g/mol. The average Bonchev–Trinajstić information content (AvgIpc) is 3.15. The number of anilines is 1. The molecule has 0 aliphatic heterocycles. The molecule has 1 amide bonds. The van der Waals surface area contributed by atoms with Crippen molar-refractivity contribution in [3.05, 3.63) is 87.7 Å². The van der Waals surface area contributed by atoms with Crippen LogP contribution in [0, 0.1) is 6.92 Å². The Morgan fingerprint density at radius 1 is 1.00 bits per heavy atom. The standard InChI is InChI=1S/C22H18N4O2S/c1-14-13-23-22(29-14)24-20(27)18-17(15-9-5-3-6-10-15)19(25-26(2)21(18)28)16-11-7-4-8-12-16/h3-13H,1-2H3,(H,23,24,27). The molecule has 0 aliphatic rings. The summed E-state index contributed by atoms with van der Waals surface area (Å²) in [5.74, 6) is -0.501. The van der Waals surface area contributed by atoms with Crippen molar-refractivity contribution in [1.29, 1.82) is 0 Å². The number of aromatic nitrogens is 3. The smallest absolute Gasteiger partial charge is 0.280 e. The van der Waals surface area contributed by atoms with E-state index in [1.807, 2.05) is 67.6 Å². The minimum absolute atomic E-state index is 0.0420. The molecule has 0 atom stereocenters. The molecule has 0 bridgehead atoms. The third kappa shape index (κ3) is 3.72. The molecule has 1 N–H and O–H groups in total. The number of carbonyl (C=O) groups excluding carboxylic acids is 1. The number of nitrogens with one attached hydrogen (secondary N) is 1. The van der Waals surface area contributed by atoms with Crippen molar-refractivity contribution >= 4 is 22.4 Å². The highest BCUT2D eigenvalue weighted by molar-refractivity contribution is 7.15. The molecule has 0 unspecified atom stereocenters. The molecule has 2 heterocycles. The van der Waals surface area contributed by atoms with Crippen LogP contribution in [0.15, 0.2) is 71.7 Å². The van der Waals surface area contributed by atoms with Crippen molar-refractivity contribution in [2.45, 2.75) is 6.92 Å². The van der Waals surface area contributed by atoms with Crippen LogP contribution in [-0.2, 0) is 7.05 Å². The van der Waals surface area contributed by atoms with Crippen molar-refractivity contribution in [1.82, 2.24) is 14.8 Å². The molecule has 0 saturated carbocycles. The highest BCUT2D eigenvalue weighted by atomic mass is 32.1. The predicted molar refractivity (Wildman–Crippen MR) is 115 cm³/mol. The Morgan fingerprint density at radius 2 is 1.62 bits per heavy atom. The second-order valence-corrected chi connectivity index (χ2v) is 7.72. The van der Waals surface area contributed by atoms with E-state index in [0.717, 1.165) is 16.0 Å². The predicted octanol–water partition coefficient (Wildman–Crippen LogP) is 4.13. The SMILES string of the molecule is Cc1cnc(NC(=O)c2c(-c3ccccc3)c(-c3ccccc3)nn(C)c2=O)s1. The van der Waals surface area contributed by atoms with Crippen LogP contribution in [0.5, 0.6) is 0 Å². The Labute approximate surface area is 171 Å². The summed E-state index contributed by atoms with van der Waals surface area (Å²) in [7, 11) is 1.55. The summed E-state index contributed by atoms with van der Waals surface area (Å²) in [5.41, 5.74) is 2.22. The highest BCUT2D eigenvalue weighted by Crippen LogP contribution is 2.32. The molecular formula is C22H18N4O2S. The molecule has 2 aromatic heterocycles. The van der Waals surface area contributed by atoms with E-state index in [0.29, 0.717) is 16.4 Å². The largest absolute Gasteiger partial charge is 0.298 e. The second kappa shape index (κ2) is 7.81. The molecule has 29 heavy (non-hydrogen) atoms. The number of thiazole rings is 1. The van der Waals surface area contributed by atoms with E-state index in [1.54, 1.807) is 13.2 Å². The van der Waals surface area contributed by atoms with Gasteiger partial charge in [-0.2, -0.15) is 5.10 Å². The Balaban J connectivity index is 1.97. The van der Waals surface area contributed by atoms with Crippen LogP contribution in [0.4, 0.5) is 5.13 Å². The average molecular weight is 402 g/mol. The first-order valence-electron chi connectivity index (χ1n) is 9.00. The van der Waals surface area contributed by atoms with E-state index in [1.165, 1.54) is 16.0 Å². The Morgan fingerprint density at radius 3 is 2.21 bits per heavy atom. The maximum Gasteiger partial charge on any atom is 0.280 e. The van der Waals surface area contributed by atoms with Crippen molar-refractivity contribution in [2.75, 3.05) is 5.32 Å². The van der Waals surface area contributed by atoms with Crippen LogP contribution in [0.3, 0.4) is 0 Å². The van der Waals surface area contributed by atoms with Gasteiger partial charge in [-0.3, -0.25) is 14.9 Å². The lowest BCUT2D eigenvalue weighted by atomic mass is 9.95. The number of carbonyl (C=O) groups is 1. The first-order valence-corrected chi connectivity index (χ1v) is 9.82. The molecule has 7 heteroatoms. The van der Waals surface area contributed by atoms with Crippen LogP contribution in [0.1, 0.15) is 15.2 Å². The van der Waals surface area contributed by atoms with Gasteiger partial charge in [-0.15, -0.1) is 11.3 Å². The minimum Gasteiger partial charge on any atom is -0.298 e. The van der Waals surface area contributed by atoms with E-state index < -0.39 is 11.5 Å². The van der Waals surface area contributed by atoms with Crippen molar-refractivity contribution in [2.24, 2.45) is 7.05 Å². The van der Waals surface area contributed by atoms with E-state index in [2.05, 4.69) is 15.4 Å². The zero-order chi connectivity index (χ0) is 20.4. The van der Waals surface area contributed by atoms with Gasteiger partial charge < -0.3 is 0 Å². The zero-order valence-corrected chi connectivity index (χ0v) is 16.7. The molecule has 4 rings (SSSR count). The fourth-order valence-corrected chi connectivity index (χ4v) is 3.76. The lowest BCUT2D eigenvalue weighted by Gasteiger charge is -2.15. The molecule has 0 fully saturated rings. The molecule has 0 radical (unpaired) electrons. The highest BCUT2D eigenvalue weighted by Gasteiger charge is 2.24. The van der Waals surface area contributed by atoms with Crippen LogP contribution in [0.2, 0.25) is 0 Å².